The zero-order valence-electron chi connectivity index (χ0n) is 9.85. The van der Waals surface area contributed by atoms with E-state index in [1.54, 1.807) is 24.3 Å². The second-order valence-electron chi connectivity index (χ2n) is 3.65. The Morgan fingerprint density at radius 2 is 1.88 bits per heavy atom. The molecular formula is C13H16O3Si. The van der Waals surface area contributed by atoms with Crippen LogP contribution < -0.4 is 4.74 Å². The molecule has 0 aromatic heterocycles. The van der Waals surface area contributed by atoms with Crippen molar-refractivity contribution in [1.82, 2.24) is 0 Å². The normalized spacial score (nSPS) is 11.4. The van der Waals surface area contributed by atoms with Crippen molar-refractivity contribution >= 4 is 15.5 Å². The minimum Gasteiger partial charge on any atom is -0.484 e. The summed E-state index contributed by atoms with van der Waals surface area (Å²) in [5.74, 6) is -0.315. The van der Waals surface area contributed by atoms with E-state index in [0.717, 1.165) is 0 Å². The van der Waals surface area contributed by atoms with Crippen LogP contribution in [-0.2, 0) is 0 Å². The minimum absolute atomic E-state index is 0.244. The molecule has 3 nitrogen and oxygen atoms in total. The van der Waals surface area contributed by atoms with Crippen LogP contribution in [0.5, 0.6) is 5.75 Å². The SMILES string of the molecule is C=CC(C=C)(Oc1ccc(C(=O)O)cc1)[SiH2]C. The van der Waals surface area contributed by atoms with Crippen molar-refractivity contribution in [1.29, 1.82) is 0 Å². The number of hydrogen-bond donors (Lipinski definition) is 1. The van der Waals surface area contributed by atoms with Crippen LogP contribution in [0.3, 0.4) is 0 Å². The topological polar surface area (TPSA) is 46.5 Å². The predicted octanol–water partition coefficient (Wildman–Crippen LogP) is 2.05. The van der Waals surface area contributed by atoms with Crippen LogP contribution in [0, 0.1) is 0 Å². The molecule has 90 valence electrons. The summed E-state index contributed by atoms with van der Waals surface area (Å²) < 4.78 is 5.82. The second-order valence-corrected chi connectivity index (χ2v) is 5.46. The number of rotatable bonds is 6. The maximum atomic E-state index is 10.7. The van der Waals surface area contributed by atoms with E-state index in [1.807, 2.05) is 0 Å². The summed E-state index contributed by atoms with van der Waals surface area (Å²) in [6.07, 6.45) is 3.49. The fourth-order valence-corrected chi connectivity index (χ4v) is 2.30. The van der Waals surface area contributed by atoms with Gasteiger partial charge in [-0.1, -0.05) is 19.7 Å². The number of benzene rings is 1. The molecule has 17 heavy (non-hydrogen) atoms. The fraction of sp³-hybridized carbons (Fsp3) is 0.154. The van der Waals surface area contributed by atoms with Gasteiger partial charge in [0, 0.05) is 0 Å². The maximum absolute atomic E-state index is 10.7. The minimum atomic E-state index is -0.944. The second kappa shape index (κ2) is 5.50. The highest BCUT2D eigenvalue weighted by Crippen LogP contribution is 2.20. The Morgan fingerprint density at radius 3 is 2.24 bits per heavy atom. The van der Waals surface area contributed by atoms with Gasteiger partial charge >= 0.3 is 5.97 Å². The van der Waals surface area contributed by atoms with Crippen molar-refractivity contribution in [3.8, 4) is 5.75 Å². The summed E-state index contributed by atoms with van der Waals surface area (Å²) >= 11 is 0. The standard InChI is InChI=1S/C13H16O3Si/c1-4-13(5-2,17-3)16-11-8-6-10(7-9-11)12(14)15/h4-9H,1-2,17H2,3H3,(H,14,15). The Balaban J connectivity index is 2.91. The monoisotopic (exact) mass is 248 g/mol. The lowest BCUT2D eigenvalue weighted by atomic mass is 10.2. The van der Waals surface area contributed by atoms with Crippen molar-refractivity contribution in [3.63, 3.8) is 0 Å². The van der Waals surface area contributed by atoms with E-state index in [9.17, 15) is 4.79 Å². The molecule has 1 aromatic carbocycles. The van der Waals surface area contributed by atoms with Crippen LogP contribution in [0.25, 0.3) is 0 Å². The lowest BCUT2D eigenvalue weighted by molar-refractivity contribution is 0.0697. The highest BCUT2D eigenvalue weighted by atomic mass is 28.2. The Kier molecular flexibility index (Phi) is 4.28. The van der Waals surface area contributed by atoms with E-state index in [4.69, 9.17) is 9.84 Å². The smallest absolute Gasteiger partial charge is 0.335 e. The molecule has 0 radical (unpaired) electrons. The van der Waals surface area contributed by atoms with Crippen LogP contribution in [0.1, 0.15) is 10.4 Å². The highest BCUT2D eigenvalue weighted by Gasteiger charge is 2.22. The molecule has 0 aliphatic carbocycles. The first-order valence-electron chi connectivity index (χ1n) is 5.36. The maximum Gasteiger partial charge on any atom is 0.335 e. The first-order valence-corrected chi connectivity index (χ1v) is 7.48. The molecule has 4 heteroatoms. The van der Waals surface area contributed by atoms with E-state index in [1.165, 1.54) is 12.1 Å². The Morgan fingerprint density at radius 1 is 1.35 bits per heavy atom. The molecule has 0 spiro atoms. The zero-order chi connectivity index (χ0) is 12.9. The van der Waals surface area contributed by atoms with Gasteiger partial charge in [-0.3, -0.25) is 0 Å². The summed E-state index contributed by atoms with van der Waals surface area (Å²) in [7, 11) is -0.523. The third-order valence-corrected chi connectivity index (χ3v) is 4.48. The third-order valence-electron chi connectivity index (χ3n) is 2.65. The van der Waals surface area contributed by atoms with Crippen molar-refractivity contribution in [2.45, 2.75) is 11.8 Å². The van der Waals surface area contributed by atoms with Crippen LogP contribution in [0.4, 0.5) is 0 Å². The van der Waals surface area contributed by atoms with Gasteiger partial charge in [-0.15, -0.1) is 0 Å². The Bertz CT molecular complexity index is 415. The molecule has 0 unspecified atom stereocenters. The van der Waals surface area contributed by atoms with Crippen LogP contribution in [0.2, 0.25) is 6.55 Å². The van der Waals surface area contributed by atoms with Gasteiger partial charge in [0.15, 0.2) is 0 Å². The van der Waals surface area contributed by atoms with Crippen molar-refractivity contribution in [2.24, 2.45) is 0 Å². The van der Waals surface area contributed by atoms with Crippen molar-refractivity contribution < 1.29 is 14.6 Å². The lowest BCUT2D eigenvalue weighted by Crippen LogP contribution is -2.36. The van der Waals surface area contributed by atoms with Crippen LogP contribution in [-0.4, -0.2) is 25.8 Å². The summed E-state index contributed by atoms with van der Waals surface area (Å²) in [5.41, 5.74) is 0.244. The number of carbonyl (C=O) groups is 1. The van der Waals surface area contributed by atoms with Gasteiger partial charge in [-0.2, -0.15) is 0 Å². The first kappa shape index (κ1) is 13.3. The van der Waals surface area contributed by atoms with Crippen molar-refractivity contribution in [3.05, 3.63) is 55.1 Å². The van der Waals surface area contributed by atoms with E-state index in [2.05, 4.69) is 19.7 Å². The van der Waals surface area contributed by atoms with Gasteiger partial charge in [-0.05, 0) is 36.4 Å². The van der Waals surface area contributed by atoms with Crippen molar-refractivity contribution in [2.75, 3.05) is 0 Å². The molecule has 1 rings (SSSR count). The Labute approximate surface area is 103 Å². The van der Waals surface area contributed by atoms with Gasteiger partial charge in [0.1, 0.15) is 11.0 Å². The molecule has 1 N–H and O–H groups in total. The number of carboxylic acids is 1. The van der Waals surface area contributed by atoms with Crippen LogP contribution >= 0.6 is 0 Å². The van der Waals surface area contributed by atoms with Gasteiger partial charge in [-0.25, -0.2) is 4.79 Å². The van der Waals surface area contributed by atoms with Gasteiger partial charge in [0.25, 0.3) is 0 Å². The van der Waals surface area contributed by atoms with Gasteiger partial charge in [0.05, 0.1) is 15.1 Å². The first-order chi connectivity index (χ1) is 8.06. The largest absolute Gasteiger partial charge is 0.484 e. The molecule has 0 aliphatic heterocycles. The average molecular weight is 248 g/mol. The van der Waals surface area contributed by atoms with E-state index >= 15 is 0 Å². The van der Waals surface area contributed by atoms with Gasteiger partial charge in [0.2, 0.25) is 0 Å². The average Bonchev–Trinajstić information content (AvgIpc) is 2.37. The predicted molar refractivity (Wildman–Crippen MR) is 71.6 cm³/mol. The Hall–Kier alpha value is -1.81. The molecule has 1 aromatic rings. The lowest BCUT2D eigenvalue weighted by Gasteiger charge is -2.26. The summed E-state index contributed by atoms with van der Waals surface area (Å²) in [6.45, 7) is 9.63. The molecule has 0 aliphatic rings. The van der Waals surface area contributed by atoms with Gasteiger partial charge < -0.3 is 9.84 Å². The molecule has 0 heterocycles. The highest BCUT2D eigenvalue weighted by molar-refractivity contribution is 6.39. The molecule has 0 fully saturated rings. The summed E-state index contributed by atoms with van der Waals surface area (Å²) in [4.78, 5) is 10.7. The number of ether oxygens (including phenoxy) is 1. The molecule has 0 atom stereocenters. The molecule has 0 amide bonds. The van der Waals surface area contributed by atoms with Crippen LogP contribution in [0.15, 0.2) is 49.6 Å². The molecule has 0 saturated carbocycles. The quantitative estimate of drug-likeness (QED) is 0.619. The molecular weight excluding hydrogens is 232 g/mol. The summed E-state index contributed by atoms with van der Waals surface area (Å²) in [5, 5.41) is 8.31. The van der Waals surface area contributed by atoms with E-state index < -0.39 is 20.7 Å². The number of aromatic carboxylic acids is 1. The zero-order valence-corrected chi connectivity index (χ0v) is 11.3. The third kappa shape index (κ3) is 3.07. The summed E-state index contributed by atoms with van der Waals surface area (Å²) in [6, 6.07) is 6.34. The number of hydrogen-bond acceptors (Lipinski definition) is 2. The van der Waals surface area contributed by atoms with E-state index in [-0.39, 0.29) is 5.56 Å². The van der Waals surface area contributed by atoms with E-state index in [0.29, 0.717) is 5.75 Å². The fourth-order valence-electron chi connectivity index (χ4n) is 1.41. The molecule has 0 saturated heterocycles. The number of carboxylic acid groups (broad SMARTS) is 1. The molecule has 0 bridgehead atoms.